The van der Waals surface area contributed by atoms with Crippen LogP contribution >= 0.6 is 22.9 Å². The number of carbonyl (C=O) groups is 1. The summed E-state index contributed by atoms with van der Waals surface area (Å²) in [7, 11) is 0. The summed E-state index contributed by atoms with van der Waals surface area (Å²) in [6, 6.07) is 11.4. The first-order chi connectivity index (χ1) is 11.7. The van der Waals surface area contributed by atoms with Gasteiger partial charge in [-0.2, -0.15) is 0 Å². The van der Waals surface area contributed by atoms with Crippen LogP contribution in [0, 0.1) is 0 Å². The summed E-state index contributed by atoms with van der Waals surface area (Å²) >= 11 is 7.61. The lowest BCUT2D eigenvalue weighted by Gasteiger charge is -2.03. The lowest BCUT2D eigenvalue weighted by atomic mass is 10.1. The Hall–Kier alpha value is -2.15. The van der Waals surface area contributed by atoms with E-state index in [0.29, 0.717) is 18.1 Å². The van der Waals surface area contributed by atoms with Crippen LogP contribution in [0.25, 0.3) is 0 Å². The molecule has 1 amide bonds. The summed E-state index contributed by atoms with van der Waals surface area (Å²) in [5.74, 6) is 0.652. The Morgan fingerprint density at radius 2 is 2.12 bits per heavy atom. The van der Waals surface area contributed by atoms with Crippen molar-refractivity contribution in [2.24, 2.45) is 0 Å². The van der Waals surface area contributed by atoms with Crippen LogP contribution in [-0.4, -0.2) is 17.4 Å². The van der Waals surface area contributed by atoms with E-state index >= 15 is 0 Å². The van der Waals surface area contributed by atoms with Crippen LogP contribution in [0.5, 0.6) is 0 Å². The third kappa shape index (κ3) is 4.67. The van der Waals surface area contributed by atoms with Crippen LogP contribution in [0.4, 0.5) is 5.13 Å². The summed E-state index contributed by atoms with van der Waals surface area (Å²) in [5.41, 5.74) is 1.04. The van der Waals surface area contributed by atoms with Gasteiger partial charge in [-0.15, -0.1) is 11.3 Å². The number of rotatable bonds is 7. The number of furan rings is 1. The minimum atomic E-state index is -0.139. The fourth-order valence-electron chi connectivity index (χ4n) is 2.15. The molecule has 2 aromatic heterocycles. The number of hydrogen-bond acceptors (Lipinski definition) is 5. The highest BCUT2D eigenvalue weighted by molar-refractivity contribution is 7.15. The van der Waals surface area contributed by atoms with E-state index in [1.165, 1.54) is 11.3 Å². The second-order valence-corrected chi connectivity index (χ2v) is 6.65. The predicted molar refractivity (Wildman–Crippen MR) is 95.4 cm³/mol. The molecule has 0 fully saturated rings. The van der Waals surface area contributed by atoms with Gasteiger partial charge < -0.3 is 15.1 Å². The molecule has 124 valence electrons. The average Bonchev–Trinajstić information content (AvgIpc) is 3.22. The van der Waals surface area contributed by atoms with Crippen LogP contribution in [0.1, 0.15) is 16.2 Å². The van der Waals surface area contributed by atoms with Crippen LogP contribution in [-0.2, 0) is 17.8 Å². The van der Waals surface area contributed by atoms with E-state index in [1.54, 1.807) is 12.5 Å². The maximum Gasteiger partial charge on any atom is 0.240 e. The number of nitrogens with one attached hydrogen (secondary N) is 2. The zero-order valence-corrected chi connectivity index (χ0v) is 14.4. The number of benzene rings is 1. The van der Waals surface area contributed by atoms with Crippen LogP contribution in [0.3, 0.4) is 0 Å². The number of amides is 1. The number of hydrogen-bond donors (Lipinski definition) is 2. The maximum absolute atomic E-state index is 11.9. The summed E-state index contributed by atoms with van der Waals surface area (Å²) < 4.78 is 5.19. The minimum absolute atomic E-state index is 0.139. The Bertz CT molecular complexity index is 802. The van der Waals surface area contributed by atoms with E-state index in [2.05, 4.69) is 15.6 Å². The van der Waals surface area contributed by atoms with Crippen molar-refractivity contribution in [3.63, 3.8) is 0 Å². The fourth-order valence-corrected chi connectivity index (χ4v) is 3.21. The van der Waals surface area contributed by atoms with Gasteiger partial charge in [-0.3, -0.25) is 4.79 Å². The Kier molecular flexibility index (Phi) is 5.63. The molecule has 24 heavy (non-hydrogen) atoms. The predicted octanol–water partition coefficient (Wildman–Crippen LogP) is 3.71. The zero-order valence-electron chi connectivity index (χ0n) is 12.8. The molecule has 0 saturated carbocycles. The second kappa shape index (κ2) is 8.10. The smallest absolute Gasteiger partial charge is 0.240 e. The van der Waals surface area contributed by atoms with E-state index < -0.39 is 0 Å². The van der Waals surface area contributed by atoms with Gasteiger partial charge in [0, 0.05) is 22.5 Å². The van der Waals surface area contributed by atoms with E-state index in [4.69, 9.17) is 16.0 Å². The molecule has 3 rings (SSSR count). The highest BCUT2D eigenvalue weighted by Gasteiger charge is 2.08. The highest BCUT2D eigenvalue weighted by Crippen LogP contribution is 2.24. The molecule has 0 bridgehead atoms. The van der Waals surface area contributed by atoms with Crippen molar-refractivity contribution in [1.82, 2.24) is 10.3 Å². The van der Waals surface area contributed by atoms with Gasteiger partial charge >= 0.3 is 0 Å². The van der Waals surface area contributed by atoms with Gasteiger partial charge in [0.1, 0.15) is 5.76 Å². The topological polar surface area (TPSA) is 67.2 Å². The molecule has 0 spiro atoms. The molecule has 0 unspecified atom stereocenters. The SMILES string of the molecule is O=C(CNCc1ccco1)Nc1ncc(Cc2ccccc2Cl)s1. The third-order valence-corrected chi connectivity index (χ3v) is 4.57. The van der Waals surface area contributed by atoms with Gasteiger partial charge in [0.2, 0.25) is 5.91 Å². The molecule has 0 aliphatic carbocycles. The summed E-state index contributed by atoms with van der Waals surface area (Å²) in [5, 5.41) is 7.12. The van der Waals surface area contributed by atoms with Gasteiger partial charge in [-0.25, -0.2) is 4.98 Å². The summed E-state index contributed by atoms with van der Waals surface area (Å²) in [6.07, 6.45) is 4.07. The lowest BCUT2D eigenvalue weighted by molar-refractivity contribution is -0.115. The van der Waals surface area contributed by atoms with Gasteiger partial charge in [0.25, 0.3) is 0 Å². The largest absolute Gasteiger partial charge is 0.468 e. The molecule has 0 aliphatic rings. The Morgan fingerprint density at radius 3 is 2.92 bits per heavy atom. The lowest BCUT2D eigenvalue weighted by Crippen LogP contribution is -2.27. The number of aromatic nitrogens is 1. The Balaban J connectivity index is 1.48. The first-order valence-electron chi connectivity index (χ1n) is 7.42. The molecule has 0 saturated heterocycles. The summed E-state index contributed by atoms with van der Waals surface area (Å²) in [6.45, 7) is 0.705. The number of anilines is 1. The van der Waals surface area contributed by atoms with E-state index in [0.717, 1.165) is 21.2 Å². The number of halogens is 1. The van der Waals surface area contributed by atoms with Gasteiger partial charge in [0.05, 0.1) is 19.4 Å². The quantitative estimate of drug-likeness (QED) is 0.673. The molecular formula is C17H16ClN3O2S. The van der Waals surface area contributed by atoms with Crippen molar-refractivity contribution >= 4 is 34.0 Å². The van der Waals surface area contributed by atoms with Crippen molar-refractivity contribution < 1.29 is 9.21 Å². The highest BCUT2D eigenvalue weighted by atomic mass is 35.5. The van der Waals surface area contributed by atoms with Gasteiger partial charge in [-0.05, 0) is 23.8 Å². The van der Waals surface area contributed by atoms with E-state index in [-0.39, 0.29) is 12.5 Å². The molecule has 3 aromatic rings. The monoisotopic (exact) mass is 361 g/mol. The molecule has 2 heterocycles. The zero-order chi connectivity index (χ0) is 16.8. The van der Waals surface area contributed by atoms with Crippen molar-refractivity contribution in [3.05, 3.63) is 70.1 Å². The van der Waals surface area contributed by atoms with E-state index in [1.807, 2.05) is 36.4 Å². The van der Waals surface area contributed by atoms with Crippen molar-refractivity contribution in [2.45, 2.75) is 13.0 Å². The number of nitrogens with zero attached hydrogens (tertiary/aromatic N) is 1. The number of thiazole rings is 1. The third-order valence-electron chi connectivity index (χ3n) is 3.29. The minimum Gasteiger partial charge on any atom is -0.468 e. The number of carbonyl (C=O) groups excluding carboxylic acids is 1. The van der Waals surface area contributed by atoms with Gasteiger partial charge in [-0.1, -0.05) is 29.8 Å². The standard InChI is InChI=1S/C17H16ClN3O2S/c18-15-6-2-1-4-12(15)8-14-10-20-17(24-14)21-16(22)11-19-9-13-5-3-7-23-13/h1-7,10,19H,8-9,11H2,(H,20,21,22). The van der Waals surface area contributed by atoms with E-state index in [9.17, 15) is 4.79 Å². The van der Waals surface area contributed by atoms with Crippen LogP contribution < -0.4 is 10.6 Å². The normalized spacial score (nSPS) is 10.7. The van der Waals surface area contributed by atoms with Crippen molar-refractivity contribution in [2.75, 3.05) is 11.9 Å². The summed E-state index contributed by atoms with van der Waals surface area (Å²) in [4.78, 5) is 17.2. The molecule has 0 radical (unpaired) electrons. The van der Waals surface area contributed by atoms with Crippen LogP contribution in [0.15, 0.2) is 53.3 Å². The fraction of sp³-hybridized carbons (Fsp3) is 0.176. The Labute approximate surface area is 148 Å². The van der Waals surface area contributed by atoms with Crippen LogP contribution in [0.2, 0.25) is 5.02 Å². The molecular weight excluding hydrogens is 346 g/mol. The molecule has 2 N–H and O–H groups in total. The molecule has 0 atom stereocenters. The maximum atomic E-state index is 11.9. The first kappa shape index (κ1) is 16.7. The van der Waals surface area contributed by atoms with Gasteiger partial charge in [0.15, 0.2) is 5.13 Å². The second-order valence-electron chi connectivity index (χ2n) is 5.13. The molecule has 1 aromatic carbocycles. The molecule has 7 heteroatoms. The van der Waals surface area contributed by atoms with Crippen molar-refractivity contribution in [3.8, 4) is 0 Å². The molecule has 0 aliphatic heterocycles. The molecule has 5 nitrogen and oxygen atoms in total. The van der Waals surface area contributed by atoms with Crippen molar-refractivity contribution in [1.29, 1.82) is 0 Å². The first-order valence-corrected chi connectivity index (χ1v) is 8.61. The Morgan fingerprint density at radius 1 is 1.25 bits per heavy atom. The average molecular weight is 362 g/mol.